The van der Waals surface area contributed by atoms with Gasteiger partial charge in [-0.25, -0.2) is 4.79 Å². The van der Waals surface area contributed by atoms with E-state index in [2.05, 4.69) is 5.32 Å². The molecular weight excluding hydrogens is 379 g/mol. The Balaban J connectivity index is 2.23. The molecule has 0 saturated carbocycles. The van der Waals surface area contributed by atoms with Crippen molar-refractivity contribution in [1.82, 2.24) is 0 Å². The van der Waals surface area contributed by atoms with Gasteiger partial charge in [0.1, 0.15) is 6.04 Å². The van der Waals surface area contributed by atoms with Crippen LogP contribution < -0.4 is 5.32 Å². The molecule has 1 aliphatic heterocycles. The summed E-state index contributed by atoms with van der Waals surface area (Å²) in [5.41, 5.74) is 3.73. The summed E-state index contributed by atoms with van der Waals surface area (Å²) < 4.78 is 39.7. The number of carboxylic acid groups (broad SMARTS) is 1. The van der Waals surface area contributed by atoms with Crippen molar-refractivity contribution >= 4 is 23.3 Å². The number of nitrogens with one attached hydrogen (secondary N) is 1. The molecule has 0 fully saturated rings. The minimum atomic E-state index is -4.62. The van der Waals surface area contributed by atoms with Crippen molar-refractivity contribution in [3.8, 4) is 0 Å². The quantitative estimate of drug-likeness (QED) is 0.685. The average molecular weight is 398 g/mol. The molecule has 0 radical (unpaired) electrons. The summed E-state index contributed by atoms with van der Waals surface area (Å²) in [6.45, 7) is 5.82. The minimum absolute atomic E-state index is 0.162. The molecule has 3 nitrogen and oxygen atoms in total. The molecule has 0 amide bonds. The normalized spacial score (nSPS) is 19.4. The highest BCUT2D eigenvalue weighted by Gasteiger charge is 2.38. The lowest BCUT2D eigenvalue weighted by atomic mass is 9.78. The molecular formula is C20H19ClF3NO2. The number of carbonyl (C=O) groups is 1. The maximum absolute atomic E-state index is 13.2. The molecule has 2 atom stereocenters. The van der Waals surface area contributed by atoms with Gasteiger partial charge in [0, 0.05) is 11.6 Å². The Morgan fingerprint density at radius 1 is 1.15 bits per heavy atom. The highest BCUT2D eigenvalue weighted by Crippen LogP contribution is 2.46. The largest absolute Gasteiger partial charge is 0.480 e. The number of fused-ring (bicyclic) bond motifs is 1. The summed E-state index contributed by atoms with van der Waals surface area (Å²) in [6.07, 6.45) is -4.39. The van der Waals surface area contributed by atoms with Crippen LogP contribution in [-0.2, 0) is 11.0 Å². The smallest absolute Gasteiger partial charge is 0.417 e. The van der Waals surface area contributed by atoms with E-state index in [1.807, 2.05) is 32.9 Å². The van der Waals surface area contributed by atoms with E-state index in [9.17, 15) is 23.1 Å². The van der Waals surface area contributed by atoms with Crippen molar-refractivity contribution in [1.29, 1.82) is 0 Å². The van der Waals surface area contributed by atoms with Gasteiger partial charge in [-0.2, -0.15) is 13.2 Å². The highest BCUT2D eigenvalue weighted by molar-refractivity contribution is 6.31. The fourth-order valence-electron chi connectivity index (χ4n) is 4.01. The molecule has 3 rings (SSSR count). The zero-order valence-corrected chi connectivity index (χ0v) is 15.8. The van der Waals surface area contributed by atoms with Crippen LogP contribution in [-0.4, -0.2) is 17.1 Å². The van der Waals surface area contributed by atoms with Crippen LogP contribution in [0.3, 0.4) is 0 Å². The van der Waals surface area contributed by atoms with Crippen LogP contribution in [0.4, 0.5) is 18.9 Å². The van der Waals surface area contributed by atoms with Gasteiger partial charge in [-0.15, -0.1) is 0 Å². The number of hydrogen-bond donors (Lipinski definition) is 2. The maximum atomic E-state index is 13.2. The van der Waals surface area contributed by atoms with E-state index in [1.165, 1.54) is 6.07 Å². The van der Waals surface area contributed by atoms with Crippen LogP contribution in [0.2, 0.25) is 5.02 Å². The molecule has 144 valence electrons. The lowest BCUT2D eigenvalue weighted by molar-refractivity contribution is -0.138. The molecule has 0 aliphatic carbocycles. The zero-order valence-electron chi connectivity index (χ0n) is 15.0. The Morgan fingerprint density at radius 3 is 2.26 bits per heavy atom. The number of rotatable bonds is 2. The molecule has 1 aliphatic rings. The van der Waals surface area contributed by atoms with E-state index in [4.69, 9.17) is 11.6 Å². The second-order valence-corrected chi connectivity index (χ2v) is 7.46. The minimum Gasteiger partial charge on any atom is -0.480 e. The third-order valence-corrected chi connectivity index (χ3v) is 5.32. The number of carboxylic acids is 1. The van der Waals surface area contributed by atoms with Crippen LogP contribution in [0.1, 0.15) is 45.7 Å². The van der Waals surface area contributed by atoms with Gasteiger partial charge in [0.05, 0.1) is 10.6 Å². The molecule has 2 N–H and O–H groups in total. The van der Waals surface area contributed by atoms with Crippen LogP contribution in [0, 0.1) is 20.8 Å². The van der Waals surface area contributed by atoms with E-state index in [0.717, 1.165) is 28.3 Å². The van der Waals surface area contributed by atoms with Gasteiger partial charge in [-0.05, 0) is 61.6 Å². The van der Waals surface area contributed by atoms with Gasteiger partial charge < -0.3 is 10.4 Å². The summed E-state index contributed by atoms with van der Waals surface area (Å²) in [5, 5.41) is 11.8. The van der Waals surface area contributed by atoms with Crippen molar-refractivity contribution in [2.24, 2.45) is 0 Å². The van der Waals surface area contributed by atoms with E-state index in [0.29, 0.717) is 5.56 Å². The molecule has 2 unspecified atom stereocenters. The molecule has 1 heterocycles. The SMILES string of the molecule is Cc1cc(C)c(C2CC(C(=O)O)Nc3cc(C(F)(F)F)c(Cl)cc32)c(C)c1. The molecule has 7 heteroatoms. The van der Waals surface area contributed by atoms with Crippen molar-refractivity contribution in [2.75, 3.05) is 5.32 Å². The number of anilines is 1. The Labute approximate surface area is 160 Å². The fourth-order valence-corrected chi connectivity index (χ4v) is 4.28. The Hall–Kier alpha value is -2.21. The maximum Gasteiger partial charge on any atom is 0.417 e. The third-order valence-electron chi connectivity index (χ3n) is 5.01. The number of alkyl halides is 3. The summed E-state index contributed by atoms with van der Waals surface area (Å²) in [4.78, 5) is 11.6. The Kier molecular flexibility index (Phi) is 4.89. The lowest BCUT2D eigenvalue weighted by Crippen LogP contribution is -2.36. The van der Waals surface area contributed by atoms with Gasteiger partial charge in [-0.3, -0.25) is 0 Å². The molecule has 0 spiro atoms. The first kappa shape index (κ1) is 19.5. The van der Waals surface area contributed by atoms with Gasteiger partial charge in [0.25, 0.3) is 0 Å². The first-order valence-corrected chi connectivity index (χ1v) is 8.84. The molecule has 0 aromatic heterocycles. The number of hydrogen-bond acceptors (Lipinski definition) is 2. The van der Waals surface area contributed by atoms with E-state index in [-0.39, 0.29) is 23.0 Å². The van der Waals surface area contributed by atoms with Crippen molar-refractivity contribution in [3.63, 3.8) is 0 Å². The van der Waals surface area contributed by atoms with Gasteiger partial charge in [0.15, 0.2) is 0 Å². The first-order valence-electron chi connectivity index (χ1n) is 8.46. The fraction of sp³-hybridized carbons (Fsp3) is 0.350. The number of benzene rings is 2. The molecule has 2 aromatic rings. The van der Waals surface area contributed by atoms with Gasteiger partial charge >= 0.3 is 12.1 Å². The van der Waals surface area contributed by atoms with E-state index >= 15 is 0 Å². The standard InChI is InChI=1S/C20H19ClF3NO2/c1-9-4-10(2)18(11(3)5-9)13-7-17(19(26)27)25-16-8-14(20(22,23)24)15(21)6-12(13)16/h4-6,8,13,17,25H,7H2,1-3H3,(H,26,27). The summed E-state index contributed by atoms with van der Waals surface area (Å²) in [6, 6.07) is 5.23. The topological polar surface area (TPSA) is 49.3 Å². The van der Waals surface area contributed by atoms with E-state index < -0.39 is 23.8 Å². The molecule has 2 aromatic carbocycles. The summed E-state index contributed by atoms with van der Waals surface area (Å²) >= 11 is 5.94. The first-order chi connectivity index (χ1) is 12.5. The van der Waals surface area contributed by atoms with Crippen LogP contribution in [0.5, 0.6) is 0 Å². The third kappa shape index (κ3) is 3.63. The van der Waals surface area contributed by atoms with Gasteiger partial charge in [0.2, 0.25) is 0 Å². The number of aryl methyl sites for hydroxylation is 3. The zero-order chi connectivity index (χ0) is 20.1. The lowest BCUT2D eigenvalue weighted by Gasteiger charge is -2.34. The number of aliphatic carboxylic acids is 1. The predicted molar refractivity (Wildman–Crippen MR) is 98.6 cm³/mol. The molecule has 0 saturated heterocycles. The summed E-state index contributed by atoms with van der Waals surface area (Å²) in [5.74, 6) is -1.46. The van der Waals surface area contributed by atoms with E-state index in [1.54, 1.807) is 0 Å². The second kappa shape index (κ2) is 6.75. The van der Waals surface area contributed by atoms with Crippen molar-refractivity contribution < 1.29 is 23.1 Å². The van der Waals surface area contributed by atoms with Crippen LogP contribution in [0.15, 0.2) is 24.3 Å². The van der Waals surface area contributed by atoms with Crippen molar-refractivity contribution in [3.05, 3.63) is 62.7 Å². The second-order valence-electron chi connectivity index (χ2n) is 7.05. The predicted octanol–water partition coefficient (Wildman–Crippen LogP) is 5.68. The van der Waals surface area contributed by atoms with Crippen molar-refractivity contribution in [2.45, 2.75) is 45.3 Å². The summed E-state index contributed by atoms with van der Waals surface area (Å²) in [7, 11) is 0. The molecule has 27 heavy (non-hydrogen) atoms. The number of halogens is 4. The Morgan fingerprint density at radius 2 is 1.74 bits per heavy atom. The van der Waals surface area contributed by atoms with Crippen LogP contribution in [0.25, 0.3) is 0 Å². The highest BCUT2D eigenvalue weighted by atomic mass is 35.5. The average Bonchev–Trinajstić information content (AvgIpc) is 2.52. The van der Waals surface area contributed by atoms with Gasteiger partial charge in [-0.1, -0.05) is 29.3 Å². The Bertz CT molecular complexity index is 901. The monoisotopic (exact) mass is 397 g/mol. The van der Waals surface area contributed by atoms with Crippen LogP contribution >= 0.6 is 11.6 Å². The molecule has 0 bridgehead atoms.